The summed E-state index contributed by atoms with van der Waals surface area (Å²) in [4.78, 5) is 25.6. The highest BCUT2D eigenvalue weighted by atomic mass is 19.1. The Morgan fingerprint density at radius 1 is 1.16 bits per heavy atom. The zero-order valence-electron chi connectivity index (χ0n) is 17.6. The van der Waals surface area contributed by atoms with E-state index in [2.05, 4.69) is 6.07 Å². The summed E-state index contributed by atoms with van der Waals surface area (Å²) < 4.78 is 13.6. The number of carbonyl (C=O) groups is 1. The van der Waals surface area contributed by atoms with E-state index in [1.807, 2.05) is 13.8 Å². The summed E-state index contributed by atoms with van der Waals surface area (Å²) in [6.07, 6.45) is 0.818. The number of nitro groups is 1. The lowest BCUT2D eigenvalue weighted by Crippen LogP contribution is -2.42. The van der Waals surface area contributed by atoms with Gasteiger partial charge in [-0.25, -0.2) is 4.39 Å². The van der Waals surface area contributed by atoms with Crippen molar-refractivity contribution in [3.8, 4) is 6.07 Å². The number of nitrogens with two attached hydrogens (primary N) is 1. The molecule has 2 aromatic rings. The molecule has 1 heterocycles. The van der Waals surface area contributed by atoms with Crippen molar-refractivity contribution in [3.63, 3.8) is 0 Å². The topological polar surface area (TPSA) is 113 Å². The van der Waals surface area contributed by atoms with Crippen molar-refractivity contribution in [2.24, 2.45) is 11.1 Å². The second kappa shape index (κ2) is 7.61. The first-order chi connectivity index (χ1) is 15.1. The van der Waals surface area contributed by atoms with Gasteiger partial charge in [-0.05, 0) is 41.7 Å². The Kier molecular flexibility index (Phi) is 5.05. The van der Waals surface area contributed by atoms with Crippen LogP contribution in [0.3, 0.4) is 0 Å². The van der Waals surface area contributed by atoms with Gasteiger partial charge in [0, 0.05) is 35.5 Å². The lowest BCUT2D eigenvalue weighted by molar-refractivity contribution is -0.384. The van der Waals surface area contributed by atoms with E-state index in [9.17, 15) is 24.6 Å². The van der Waals surface area contributed by atoms with Crippen molar-refractivity contribution >= 4 is 17.2 Å². The molecule has 1 aliphatic carbocycles. The summed E-state index contributed by atoms with van der Waals surface area (Å²) in [5.41, 5.74) is 8.50. The zero-order chi connectivity index (χ0) is 23.2. The molecule has 0 spiro atoms. The van der Waals surface area contributed by atoms with Crippen LogP contribution >= 0.6 is 0 Å². The second-order valence-electron chi connectivity index (χ2n) is 8.81. The van der Waals surface area contributed by atoms with Crippen molar-refractivity contribution in [1.29, 1.82) is 5.26 Å². The Morgan fingerprint density at radius 3 is 2.34 bits per heavy atom. The van der Waals surface area contributed by atoms with Gasteiger partial charge in [0.15, 0.2) is 5.78 Å². The van der Waals surface area contributed by atoms with Gasteiger partial charge in [0.25, 0.3) is 5.69 Å². The quantitative estimate of drug-likeness (QED) is 0.557. The molecule has 7 nitrogen and oxygen atoms in total. The maximum atomic E-state index is 13.6. The first-order valence-electron chi connectivity index (χ1n) is 10.1. The van der Waals surface area contributed by atoms with E-state index < -0.39 is 16.7 Å². The molecule has 4 rings (SSSR count). The first-order valence-corrected chi connectivity index (χ1v) is 10.1. The highest BCUT2D eigenvalue weighted by Crippen LogP contribution is 2.50. The summed E-state index contributed by atoms with van der Waals surface area (Å²) in [5.74, 6) is -1.07. The number of benzene rings is 2. The van der Waals surface area contributed by atoms with Gasteiger partial charge < -0.3 is 5.73 Å². The molecule has 0 aromatic heterocycles. The van der Waals surface area contributed by atoms with Crippen LogP contribution in [-0.4, -0.2) is 10.7 Å². The van der Waals surface area contributed by atoms with E-state index in [0.717, 1.165) is 0 Å². The third-order valence-electron chi connectivity index (χ3n) is 5.90. The Balaban J connectivity index is 1.96. The molecule has 8 heteroatoms. The smallest absolute Gasteiger partial charge is 0.269 e. The number of hydrogen-bond acceptors (Lipinski definition) is 6. The van der Waals surface area contributed by atoms with Crippen LogP contribution in [0.4, 0.5) is 15.8 Å². The van der Waals surface area contributed by atoms with Crippen LogP contribution in [-0.2, 0) is 4.79 Å². The average Bonchev–Trinajstić information content (AvgIpc) is 2.73. The van der Waals surface area contributed by atoms with Crippen LogP contribution in [0.1, 0.15) is 38.2 Å². The number of carbonyl (C=O) groups excluding carboxylic acids is 1. The van der Waals surface area contributed by atoms with Gasteiger partial charge in [-0.3, -0.25) is 19.8 Å². The summed E-state index contributed by atoms with van der Waals surface area (Å²) in [7, 11) is 0. The molecule has 0 amide bonds. The average molecular weight is 432 g/mol. The number of nitro benzene ring substituents is 1. The predicted octanol–water partition coefficient (Wildman–Crippen LogP) is 4.67. The highest BCUT2D eigenvalue weighted by Gasteiger charge is 2.44. The standard InChI is InChI=1S/C24H21FN4O3/c1-24(2)11-19-22(20(30)12-24)21(14-3-5-15(25)6-4-14)18(13-26)23(27)28(19)16-7-9-17(10-8-16)29(31)32/h3-10,21H,11-12,27H2,1-2H3. The third-order valence-corrected chi connectivity index (χ3v) is 5.90. The highest BCUT2D eigenvalue weighted by molar-refractivity contribution is 6.01. The fourth-order valence-electron chi connectivity index (χ4n) is 4.52. The largest absolute Gasteiger partial charge is 0.384 e. The van der Waals surface area contributed by atoms with Crippen molar-refractivity contribution in [3.05, 3.63) is 92.7 Å². The lowest BCUT2D eigenvalue weighted by atomic mass is 9.68. The zero-order valence-corrected chi connectivity index (χ0v) is 17.6. The van der Waals surface area contributed by atoms with E-state index in [-0.39, 0.29) is 28.3 Å². The van der Waals surface area contributed by atoms with E-state index in [1.54, 1.807) is 29.2 Å². The molecule has 2 aliphatic rings. The van der Waals surface area contributed by atoms with E-state index in [4.69, 9.17) is 5.73 Å². The molecular formula is C24H21FN4O3. The van der Waals surface area contributed by atoms with Crippen LogP contribution in [0.5, 0.6) is 0 Å². The molecule has 0 saturated heterocycles. The predicted molar refractivity (Wildman–Crippen MR) is 117 cm³/mol. The monoisotopic (exact) mass is 432 g/mol. The van der Waals surface area contributed by atoms with Gasteiger partial charge in [0.05, 0.1) is 22.5 Å². The number of halogens is 1. The van der Waals surface area contributed by atoms with Crippen LogP contribution < -0.4 is 10.6 Å². The second-order valence-corrected chi connectivity index (χ2v) is 8.81. The van der Waals surface area contributed by atoms with Crippen molar-refractivity contribution in [1.82, 2.24) is 0 Å². The molecule has 0 radical (unpaired) electrons. The minimum atomic E-state index is -0.700. The minimum Gasteiger partial charge on any atom is -0.384 e. The number of nitrogens with zero attached hydrogens (tertiary/aromatic N) is 3. The van der Waals surface area contributed by atoms with Gasteiger partial charge in [-0.1, -0.05) is 26.0 Å². The number of non-ortho nitro benzene ring substituents is 1. The number of Topliss-reactive ketones (excluding diaryl/α,β-unsaturated/α-hetero) is 1. The Morgan fingerprint density at radius 2 is 1.78 bits per heavy atom. The number of allylic oxidation sites excluding steroid dienone is 3. The summed E-state index contributed by atoms with van der Waals surface area (Å²) in [6, 6.07) is 13.7. The van der Waals surface area contributed by atoms with Crippen LogP contribution in [0.2, 0.25) is 0 Å². The number of nitriles is 1. The fourth-order valence-corrected chi connectivity index (χ4v) is 4.52. The van der Waals surface area contributed by atoms with E-state index >= 15 is 0 Å². The van der Waals surface area contributed by atoms with E-state index in [1.165, 1.54) is 24.3 Å². The Hall–Kier alpha value is -3.99. The Bertz CT molecular complexity index is 1220. The van der Waals surface area contributed by atoms with Gasteiger partial charge in [-0.15, -0.1) is 0 Å². The molecule has 0 bridgehead atoms. The molecule has 2 N–H and O–H groups in total. The minimum absolute atomic E-state index is 0.0766. The van der Waals surface area contributed by atoms with Gasteiger partial charge in [-0.2, -0.15) is 5.26 Å². The molecule has 1 unspecified atom stereocenters. The summed E-state index contributed by atoms with van der Waals surface area (Å²) >= 11 is 0. The molecule has 2 aromatic carbocycles. The van der Waals surface area contributed by atoms with Crippen molar-refractivity contribution < 1.29 is 14.1 Å². The summed E-state index contributed by atoms with van der Waals surface area (Å²) in [5, 5.41) is 21.1. The molecule has 32 heavy (non-hydrogen) atoms. The fraction of sp³-hybridized carbons (Fsp3) is 0.250. The van der Waals surface area contributed by atoms with Gasteiger partial charge in [0.1, 0.15) is 11.6 Å². The number of rotatable bonds is 3. The van der Waals surface area contributed by atoms with E-state index in [0.29, 0.717) is 35.4 Å². The molecule has 1 atom stereocenters. The number of hydrogen-bond donors (Lipinski definition) is 1. The van der Waals surface area contributed by atoms with Crippen LogP contribution in [0, 0.1) is 32.7 Å². The molecule has 162 valence electrons. The molecule has 1 aliphatic heterocycles. The van der Waals surface area contributed by atoms with Crippen molar-refractivity contribution in [2.75, 3.05) is 4.90 Å². The Labute approximate surface area is 184 Å². The molecular weight excluding hydrogens is 411 g/mol. The van der Waals surface area contributed by atoms with Crippen molar-refractivity contribution in [2.45, 2.75) is 32.6 Å². The maximum Gasteiger partial charge on any atom is 0.269 e. The van der Waals surface area contributed by atoms with Crippen LogP contribution in [0.15, 0.2) is 71.2 Å². The van der Waals surface area contributed by atoms with Gasteiger partial charge in [0.2, 0.25) is 0 Å². The number of ketones is 1. The van der Waals surface area contributed by atoms with Crippen LogP contribution in [0.25, 0.3) is 0 Å². The SMILES string of the molecule is CC1(C)CC(=O)C2=C(C1)N(c1ccc([N+](=O)[O-])cc1)C(N)=C(C#N)C2c1ccc(F)cc1. The third kappa shape index (κ3) is 3.52. The molecule has 0 saturated carbocycles. The summed E-state index contributed by atoms with van der Waals surface area (Å²) in [6.45, 7) is 3.96. The van der Waals surface area contributed by atoms with Gasteiger partial charge >= 0.3 is 0 Å². The first kappa shape index (κ1) is 21.2. The maximum absolute atomic E-state index is 13.6. The molecule has 0 fully saturated rings. The normalized spacial score (nSPS) is 20.1. The number of anilines is 1. The lowest BCUT2D eigenvalue weighted by Gasteiger charge is -2.43.